The zero-order valence-electron chi connectivity index (χ0n) is 15.9. The minimum atomic E-state index is -0.0978. The molecule has 2 rings (SSSR count). The van der Waals surface area contributed by atoms with Gasteiger partial charge in [-0.2, -0.15) is 0 Å². The summed E-state index contributed by atoms with van der Waals surface area (Å²) in [7, 11) is 0. The van der Waals surface area contributed by atoms with Crippen molar-refractivity contribution in [2.45, 2.75) is 39.7 Å². The second-order valence-corrected chi connectivity index (χ2v) is 6.26. The third-order valence-electron chi connectivity index (χ3n) is 4.21. The molecule has 0 aromatic carbocycles. The van der Waals surface area contributed by atoms with Gasteiger partial charge in [-0.1, -0.05) is 0 Å². The molecule has 0 aliphatic carbocycles. The molecule has 26 heavy (non-hydrogen) atoms. The first-order valence-corrected chi connectivity index (χ1v) is 9.54. The Morgan fingerprint density at radius 2 is 2.35 bits per heavy atom. The number of nitrogens with one attached hydrogen (secondary N) is 1. The van der Waals surface area contributed by atoms with E-state index in [0.29, 0.717) is 32.9 Å². The molecule has 1 aliphatic heterocycles. The van der Waals surface area contributed by atoms with Gasteiger partial charge in [-0.15, -0.1) is 0 Å². The Labute approximate surface area is 155 Å². The van der Waals surface area contributed by atoms with Crippen LogP contribution in [0.4, 0.5) is 0 Å². The summed E-state index contributed by atoms with van der Waals surface area (Å²) in [5.41, 5.74) is 0. The van der Waals surface area contributed by atoms with Crippen molar-refractivity contribution in [3.63, 3.8) is 0 Å². The lowest BCUT2D eigenvalue weighted by atomic mass is 9.98. The minimum Gasteiger partial charge on any atom is -0.467 e. The molecule has 0 radical (unpaired) electrons. The van der Waals surface area contributed by atoms with Crippen LogP contribution in [0.25, 0.3) is 0 Å². The number of rotatable bonds is 9. The Bertz CT molecular complexity index is 545. The number of carbonyl (C=O) groups is 1. The summed E-state index contributed by atoms with van der Waals surface area (Å²) < 4.78 is 16.0. The average molecular weight is 365 g/mol. The molecule has 0 saturated carbocycles. The summed E-state index contributed by atoms with van der Waals surface area (Å²) >= 11 is 0. The zero-order valence-corrected chi connectivity index (χ0v) is 15.9. The number of piperidine rings is 1. The van der Waals surface area contributed by atoms with E-state index in [-0.39, 0.29) is 11.9 Å². The Kier molecular flexibility index (Phi) is 9.03. The van der Waals surface area contributed by atoms with Crippen LogP contribution in [-0.4, -0.2) is 56.2 Å². The number of likely N-dealkylation sites (tertiary alicyclic amines) is 1. The maximum atomic E-state index is 12.0. The fourth-order valence-corrected chi connectivity index (χ4v) is 2.97. The van der Waals surface area contributed by atoms with E-state index in [0.717, 1.165) is 44.1 Å². The summed E-state index contributed by atoms with van der Waals surface area (Å²) in [6.45, 7) is 8.51. The van der Waals surface area contributed by atoms with Crippen LogP contribution in [0, 0.1) is 5.92 Å². The van der Waals surface area contributed by atoms with E-state index >= 15 is 0 Å². The summed E-state index contributed by atoms with van der Waals surface area (Å²) in [6.07, 6.45) is 4.34. The predicted octanol–water partition coefficient (Wildman–Crippen LogP) is 2.43. The Balaban J connectivity index is 1.76. The predicted molar refractivity (Wildman–Crippen MR) is 99.9 cm³/mol. The van der Waals surface area contributed by atoms with Gasteiger partial charge in [-0.3, -0.25) is 9.79 Å². The highest BCUT2D eigenvalue weighted by Gasteiger charge is 2.28. The Hall–Kier alpha value is -2.02. The van der Waals surface area contributed by atoms with Crippen molar-refractivity contribution in [3.05, 3.63) is 24.2 Å². The van der Waals surface area contributed by atoms with Gasteiger partial charge in [0.1, 0.15) is 12.4 Å². The highest BCUT2D eigenvalue weighted by molar-refractivity contribution is 5.81. The van der Waals surface area contributed by atoms with Crippen molar-refractivity contribution >= 4 is 11.9 Å². The van der Waals surface area contributed by atoms with Gasteiger partial charge >= 0.3 is 5.97 Å². The number of carbonyl (C=O) groups excluding carboxylic acids is 1. The number of ether oxygens (including phenoxy) is 2. The van der Waals surface area contributed by atoms with Crippen LogP contribution in [0.5, 0.6) is 0 Å². The van der Waals surface area contributed by atoms with Gasteiger partial charge in [-0.25, -0.2) is 0 Å². The molecule has 0 spiro atoms. The van der Waals surface area contributed by atoms with Gasteiger partial charge in [0.15, 0.2) is 5.96 Å². The molecular formula is C19H31N3O4. The molecule has 0 amide bonds. The summed E-state index contributed by atoms with van der Waals surface area (Å²) in [4.78, 5) is 18.9. The zero-order chi connectivity index (χ0) is 18.6. The number of esters is 1. The third-order valence-corrected chi connectivity index (χ3v) is 4.21. The minimum absolute atomic E-state index is 0.0656. The van der Waals surface area contributed by atoms with Crippen LogP contribution in [0.2, 0.25) is 0 Å². The van der Waals surface area contributed by atoms with E-state index in [1.54, 1.807) is 6.26 Å². The monoisotopic (exact) mass is 365 g/mol. The highest BCUT2D eigenvalue weighted by Crippen LogP contribution is 2.18. The molecule has 1 aliphatic rings. The molecule has 1 saturated heterocycles. The highest BCUT2D eigenvalue weighted by atomic mass is 16.5. The summed E-state index contributed by atoms with van der Waals surface area (Å²) in [6, 6.07) is 3.76. The van der Waals surface area contributed by atoms with Gasteiger partial charge in [0.05, 0.1) is 18.8 Å². The normalized spacial score (nSPS) is 18.0. The van der Waals surface area contributed by atoms with E-state index in [2.05, 4.69) is 22.1 Å². The molecule has 146 valence electrons. The first-order chi connectivity index (χ1) is 12.7. The van der Waals surface area contributed by atoms with E-state index < -0.39 is 0 Å². The van der Waals surface area contributed by atoms with Crippen LogP contribution < -0.4 is 5.32 Å². The number of hydrogen-bond donors (Lipinski definition) is 1. The van der Waals surface area contributed by atoms with Crippen LogP contribution in [0.1, 0.15) is 38.9 Å². The molecule has 1 aromatic rings. The molecule has 1 fully saturated rings. The first-order valence-electron chi connectivity index (χ1n) is 9.54. The van der Waals surface area contributed by atoms with Crippen molar-refractivity contribution in [2.75, 3.05) is 39.4 Å². The maximum absolute atomic E-state index is 12.0. The molecule has 7 nitrogen and oxygen atoms in total. The fourth-order valence-electron chi connectivity index (χ4n) is 2.97. The molecule has 1 atom stereocenters. The van der Waals surface area contributed by atoms with Crippen molar-refractivity contribution in [3.8, 4) is 0 Å². The van der Waals surface area contributed by atoms with Gasteiger partial charge in [0, 0.05) is 32.8 Å². The lowest BCUT2D eigenvalue weighted by molar-refractivity contribution is -0.149. The van der Waals surface area contributed by atoms with Crippen molar-refractivity contribution < 1.29 is 18.7 Å². The quantitative estimate of drug-likeness (QED) is 0.313. The lowest BCUT2D eigenvalue weighted by Gasteiger charge is -2.34. The fraction of sp³-hybridized carbons (Fsp3) is 0.684. The van der Waals surface area contributed by atoms with E-state index in [1.807, 2.05) is 19.1 Å². The average Bonchev–Trinajstić information content (AvgIpc) is 3.17. The second kappa shape index (κ2) is 11.6. The largest absolute Gasteiger partial charge is 0.467 e. The van der Waals surface area contributed by atoms with Gasteiger partial charge in [0.2, 0.25) is 0 Å². The smallest absolute Gasteiger partial charge is 0.310 e. The Morgan fingerprint density at radius 1 is 1.46 bits per heavy atom. The molecule has 7 heteroatoms. The summed E-state index contributed by atoms with van der Waals surface area (Å²) in [5.74, 6) is 1.54. The Morgan fingerprint density at radius 3 is 3.08 bits per heavy atom. The number of guanidine groups is 1. The number of furan rings is 1. The SMILES string of the molecule is CCNC(=NCCCOCc1ccco1)N1CCCC(C(=O)OCC)C1. The van der Waals surface area contributed by atoms with Crippen LogP contribution >= 0.6 is 0 Å². The van der Waals surface area contributed by atoms with E-state index in [9.17, 15) is 4.79 Å². The maximum Gasteiger partial charge on any atom is 0.310 e. The van der Waals surface area contributed by atoms with Crippen molar-refractivity contribution in [1.82, 2.24) is 10.2 Å². The molecule has 0 bridgehead atoms. The standard InChI is InChI=1S/C19H31N3O4/c1-3-20-19(21-10-7-12-24-15-17-9-6-13-26-17)22-11-5-8-16(14-22)18(23)25-4-2/h6,9,13,16H,3-5,7-8,10-12,14-15H2,1-2H3,(H,20,21). The van der Waals surface area contributed by atoms with Crippen LogP contribution in [0.3, 0.4) is 0 Å². The van der Waals surface area contributed by atoms with Gasteiger partial charge in [-0.05, 0) is 45.2 Å². The molecule has 1 N–H and O–H groups in total. The first kappa shape index (κ1) is 20.3. The molecular weight excluding hydrogens is 334 g/mol. The van der Waals surface area contributed by atoms with Crippen LogP contribution in [0.15, 0.2) is 27.8 Å². The van der Waals surface area contributed by atoms with Crippen molar-refractivity contribution in [1.29, 1.82) is 0 Å². The lowest BCUT2D eigenvalue weighted by Crippen LogP contribution is -2.48. The second-order valence-electron chi connectivity index (χ2n) is 6.26. The van der Waals surface area contributed by atoms with Gasteiger partial charge < -0.3 is 24.1 Å². The number of nitrogens with zero attached hydrogens (tertiary/aromatic N) is 2. The molecule has 1 aromatic heterocycles. The van der Waals surface area contributed by atoms with Gasteiger partial charge in [0.25, 0.3) is 0 Å². The number of hydrogen-bond acceptors (Lipinski definition) is 5. The molecule has 1 unspecified atom stereocenters. The molecule has 2 heterocycles. The van der Waals surface area contributed by atoms with E-state index in [4.69, 9.17) is 13.9 Å². The topological polar surface area (TPSA) is 76.3 Å². The van der Waals surface area contributed by atoms with Crippen molar-refractivity contribution in [2.24, 2.45) is 10.9 Å². The van der Waals surface area contributed by atoms with E-state index in [1.165, 1.54) is 0 Å². The summed E-state index contributed by atoms with van der Waals surface area (Å²) in [5, 5.41) is 3.33. The third kappa shape index (κ3) is 6.71. The number of aliphatic imine (C=N–C) groups is 1. The van der Waals surface area contributed by atoms with Crippen LogP contribution in [-0.2, 0) is 20.9 Å².